The van der Waals surface area contributed by atoms with Gasteiger partial charge in [0.1, 0.15) is 23.0 Å². The van der Waals surface area contributed by atoms with Crippen LogP contribution in [0.5, 0.6) is 0 Å². The first kappa shape index (κ1) is 18.9. The van der Waals surface area contributed by atoms with Crippen LogP contribution in [0.1, 0.15) is 40.0 Å². The van der Waals surface area contributed by atoms with Crippen molar-refractivity contribution in [1.82, 2.24) is 24.2 Å². The summed E-state index contributed by atoms with van der Waals surface area (Å²) in [5.74, 6) is 0.284. The van der Waals surface area contributed by atoms with Gasteiger partial charge in [-0.3, -0.25) is 14.3 Å². The summed E-state index contributed by atoms with van der Waals surface area (Å²) in [6.07, 6.45) is 4.00. The van der Waals surface area contributed by atoms with Crippen LogP contribution in [0, 0.1) is 6.92 Å². The summed E-state index contributed by atoms with van der Waals surface area (Å²) in [7, 11) is 3.57. The van der Waals surface area contributed by atoms with Gasteiger partial charge in [-0.25, -0.2) is 4.98 Å². The molecule has 154 valence electrons. The third kappa shape index (κ3) is 2.34. The number of amides is 2. The minimum atomic E-state index is -0.911. The van der Waals surface area contributed by atoms with Crippen LogP contribution in [0.15, 0.2) is 36.7 Å². The Balaban J connectivity index is 1.70. The van der Waals surface area contributed by atoms with E-state index in [-0.39, 0.29) is 11.8 Å². The van der Waals surface area contributed by atoms with E-state index in [4.69, 9.17) is 11.6 Å². The van der Waals surface area contributed by atoms with Gasteiger partial charge < -0.3 is 14.8 Å². The van der Waals surface area contributed by atoms with Gasteiger partial charge in [-0.2, -0.15) is 5.10 Å². The number of rotatable bonds is 2. The smallest absolute Gasteiger partial charge is 0.274 e. The Labute approximate surface area is 178 Å². The number of hydrogen-bond donors (Lipinski definition) is 1. The number of hydrogen-bond acceptors (Lipinski definition) is 4. The zero-order chi connectivity index (χ0) is 21.2. The van der Waals surface area contributed by atoms with Crippen LogP contribution in [0.25, 0.3) is 0 Å². The number of benzene rings is 1. The molecule has 9 heteroatoms. The largest absolute Gasteiger partial charge is 0.336 e. The van der Waals surface area contributed by atoms with Crippen molar-refractivity contribution in [2.75, 3.05) is 11.9 Å². The lowest BCUT2D eigenvalue weighted by Gasteiger charge is -2.33. The molecule has 8 nitrogen and oxygen atoms in total. The fourth-order valence-corrected chi connectivity index (χ4v) is 5.15. The first-order valence-electron chi connectivity index (χ1n) is 9.74. The van der Waals surface area contributed by atoms with Gasteiger partial charge in [0.2, 0.25) is 5.91 Å². The number of halogens is 1. The second-order valence-corrected chi connectivity index (χ2v) is 8.27. The van der Waals surface area contributed by atoms with Crippen molar-refractivity contribution in [1.29, 1.82) is 0 Å². The molecule has 3 aromatic rings. The van der Waals surface area contributed by atoms with E-state index in [9.17, 15) is 9.59 Å². The number of fused-ring (bicyclic) bond motifs is 2. The Morgan fingerprint density at radius 1 is 1.30 bits per heavy atom. The van der Waals surface area contributed by atoms with Crippen molar-refractivity contribution < 1.29 is 9.59 Å². The highest BCUT2D eigenvalue weighted by Crippen LogP contribution is 2.54. The summed E-state index contributed by atoms with van der Waals surface area (Å²) < 4.78 is 3.37. The van der Waals surface area contributed by atoms with Gasteiger partial charge >= 0.3 is 0 Å². The summed E-state index contributed by atoms with van der Waals surface area (Å²) >= 11 is 6.42. The van der Waals surface area contributed by atoms with Gasteiger partial charge in [-0.15, -0.1) is 0 Å². The van der Waals surface area contributed by atoms with Crippen LogP contribution in [0.2, 0.25) is 5.02 Å². The highest BCUT2D eigenvalue weighted by Gasteiger charge is 2.61. The lowest BCUT2D eigenvalue weighted by atomic mass is 9.74. The lowest BCUT2D eigenvalue weighted by Crippen LogP contribution is -2.44. The average molecular weight is 425 g/mol. The molecule has 0 unspecified atom stereocenters. The molecule has 0 radical (unpaired) electrons. The maximum atomic E-state index is 13.7. The third-order valence-electron chi connectivity index (χ3n) is 6.30. The molecule has 2 aromatic heterocycles. The van der Waals surface area contributed by atoms with Gasteiger partial charge in [0.25, 0.3) is 5.91 Å². The molecular weight excluding hydrogens is 404 g/mol. The van der Waals surface area contributed by atoms with Crippen molar-refractivity contribution in [2.45, 2.75) is 24.8 Å². The van der Waals surface area contributed by atoms with E-state index in [1.807, 2.05) is 42.1 Å². The Hall–Kier alpha value is -3.13. The van der Waals surface area contributed by atoms with Gasteiger partial charge in [-0.05, 0) is 25.0 Å². The number of aromatic nitrogens is 4. The lowest BCUT2D eigenvalue weighted by molar-refractivity contribution is -0.121. The summed E-state index contributed by atoms with van der Waals surface area (Å²) in [5.41, 5.74) is 1.67. The minimum absolute atomic E-state index is 0.112. The summed E-state index contributed by atoms with van der Waals surface area (Å²) in [6.45, 7) is 2.17. The Kier molecular flexibility index (Phi) is 4.05. The number of aryl methyl sites for hydroxylation is 3. The number of nitrogens with zero attached hydrogens (tertiary/aromatic N) is 5. The monoisotopic (exact) mass is 424 g/mol. The Morgan fingerprint density at radius 3 is 2.73 bits per heavy atom. The summed E-state index contributed by atoms with van der Waals surface area (Å²) in [4.78, 5) is 33.3. The van der Waals surface area contributed by atoms with E-state index >= 15 is 0 Å². The quantitative estimate of drug-likeness (QED) is 0.685. The molecule has 0 aliphatic carbocycles. The van der Waals surface area contributed by atoms with E-state index in [0.717, 1.165) is 11.3 Å². The van der Waals surface area contributed by atoms with Crippen LogP contribution in [0.4, 0.5) is 5.69 Å². The van der Waals surface area contributed by atoms with Gasteiger partial charge in [0, 0.05) is 38.7 Å². The Bertz CT molecular complexity index is 1200. The fourth-order valence-electron chi connectivity index (χ4n) is 4.91. The van der Waals surface area contributed by atoms with Crippen LogP contribution in [0.3, 0.4) is 0 Å². The van der Waals surface area contributed by atoms with Crippen LogP contribution < -0.4 is 5.32 Å². The predicted octanol–water partition coefficient (Wildman–Crippen LogP) is 2.59. The zero-order valence-corrected chi connectivity index (χ0v) is 17.6. The molecule has 4 heterocycles. The standard InChI is InChI=1S/C21H21ClN6O2/c1-12-15(22)16(27(3)25-12)19(29)28-10-8-21(17(28)18-23-9-11-26(18)2)13-6-4-5-7-14(13)24-20(21)30/h4-7,9,11,17H,8,10H2,1-3H3,(H,24,30)/t17-,21+/m0/s1. The number of carbonyl (C=O) groups excluding carboxylic acids is 2. The van der Waals surface area contributed by atoms with Gasteiger partial charge in [0.05, 0.1) is 10.7 Å². The number of likely N-dealkylation sites (tertiary alicyclic amines) is 1. The molecule has 2 amide bonds. The van der Waals surface area contributed by atoms with Crippen molar-refractivity contribution in [2.24, 2.45) is 14.1 Å². The number of para-hydroxylation sites is 1. The number of imidazole rings is 1. The van der Waals surface area contributed by atoms with Crippen molar-refractivity contribution in [3.05, 3.63) is 64.5 Å². The normalized spacial score (nSPS) is 22.6. The molecule has 1 N–H and O–H groups in total. The molecule has 2 atom stereocenters. The fraction of sp³-hybridized carbons (Fsp3) is 0.333. The Morgan fingerprint density at radius 2 is 2.07 bits per heavy atom. The predicted molar refractivity (Wildman–Crippen MR) is 111 cm³/mol. The maximum Gasteiger partial charge on any atom is 0.274 e. The second kappa shape index (κ2) is 6.43. The van der Waals surface area contributed by atoms with Crippen molar-refractivity contribution in [3.63, 3.8) is 0 Å². The molecule has 0 saturated carbocycles. The van der Waals surface area contributed by atoms with Crippen LogP contribution in [-0.4, -0.2) is 42.6 Å². The van der Waals surface area contributed by atoms with E-state index in [1.165, 1.54) is 4.68 Å². The zero-order valence-electron chi connectivity index (χ0n) is 16.9. The number of carbonyl (C=O) groups is 2. The van der Waals surface area contributed by atoms with E-state index in [1.54, 1.807) is 25.1 Å². The topological polar surface area (TPSA) is 85.1 Å². The van der Waals surface area contributed by atoms with Crippen LogP contribution in [-0.2, 0) is 24.3 Å². The van der Waals surface area contributed by atoms with Crippen molar-refractivity contribution in [3.8, 4) is 0 Å². The van der Waals surface area contributed by atoms with Gasteiger partial charge in [0.15, 0.2) is 0 Å². The molecule has 2 aliphatic rings. The summed E-state index contributed by atoms with van der Waals surface area (Å²) in [5, 5.41) is 7.63. The van der Waals surface area contributed by atoms with Crippen molar-refractivity contribution >= 4 is 29.1 Å². The highest BCUT2D eigenvalue weighted by atomic mass is 35.5. The molecule has 30 heavy (non-hydrogen) atoms. The van der Waals surface area contributed by atoms with Gasteiger partial charge in [-0.1, -0.05) is 29.8 Å². The van der Waals surface area contributed by atoms with E-state index in [0.29, 0.717) is 35.2 Å². The molecule has 1 aromatic carbocycles. The van der Waals surface area contributed by atoms with E-state index < -0.39 is 11.5 Å². The van der Waals surface area contributed by atoms with Crippen LogP contribution >= 0.6 is 11.6 Å². The minimum Gasteiger partial charge on any atom is -0.336 e. The first-order valence-corrected chi connectivity index (χ1v) is 10.1. The molecular formula is C21H21ClN6O2. The molecule has 1 saturated heterocycles. The highest BCUT2D eigenvalue weighted by molar-refractivity contribution is 6.34. The summed E-state index contributed by atoms with van der Waals surface area (Å²) in [6, 6.07) is 7.09. The molecule has 0 bridgehead atoms. The second-order valence-electron chi connectivity index (χ2n) is 7.89. The molecule has 5 rings (SSSR count). The third-order valence-corrected chi connectivity index (χ3v) is 6.75. The molecule has 1 fully saturated rings. The average Bonchev–Trinajstić information content (AvgIpc) is 3.43. The SMILES string of the molecule is Cc1nn(C)c(C(=O)N2CC[C@]3(C(=O)Nc4ccccc43)[C@@H]2c2nccn2C)c1Cl. The number of nitrogens with one attached hydrogen (secondary N) is 1. The molecule has 2 aliphatic heterocycles. The number of anilines is 1. The first-order chi connectivity index (χ1) is 14.4. The van der Waals surface area contributed by atoms with E-state index in [2.05, 4.69) is 15.4 Å². The molecule has 1 spiro atoms. The maximum absolute atomic E-state index is 13.7.